The largest absolute Gasteiger partial charge is 0.325 e. The number of rotatable bonds is 8. The molecule has 1 amide bonds. The Kier molecular flexibility index (Phi) is 7.31. The first-order valence-corrected chi connectivity index (χ1v) is 12.6. The SMILES string of the molecule is CCCn1c(SCC(=O)Nc2ccccc2)nnc1C1CCCN(S(C)(=O)=O)C1. The summed E-state index contributed by atoms with van der Waals surface area (Å²) in [4.78, 5) is 12.3. The lowest BCUT2D eigenvalue weighted by Gasteiger charge is -2.30. The molecular weight excluding hydrogens is 410 g/mol. The molecule has 1 fully saturated rings. The lowest BCUT2D eigenvalue weighted by atomic mass is 9.99. The second-order valence-corrected chi connectivity index (χ2v) is 10.1. The summed E-state index contributed by atoms with van der Waals surface area (Å²) >= 11 is 1.35. The first-order chi connectivity index (χ1) is 13.9. The molecule has 8 nitrogen and oxygen atoms in total. The molecule has 1 atom stereocenters. The molecule has 10 heteroatoms. The number of piperidine rings is 1. The van der Waals surface area contributed by atoms with E-state index in [1.807, 2.05) is 34.9 Å². The van der Waals surface area contributed by atoms with Crippen LogP contribution in [0.15, 0.2) is 35.5 Å². The lowest BCUT2D eigenvalue weighted by molar-refractivity contribution is -0.113. The van der Waals surface area contributed by atoms with Crippen molar-refractivity contribution in [1.29, 1.82) is 0 Å². The summed E-state index contributed by atoms with van der Waals surface area (Å²) in [7, 11) is -3.22. The van der Waals surface area contributed by atoms with Gasteiger partial charge in [0.15, 0.2) is 5.16 Å². The van der Waals surface area contributed by atoms with E-state index >= 15 is 0 Å². The van der Waals surface area contributed by atoms with E-state index in [-0.39, 0.29) is 17.6 Å². The Hall–Kier alpha value is -1.91. The standard InChI is InChI=1S/C19H27N5O3S2/c1-3-11-24-18(15-8-7-12-23(13-15)29(2,26)27)21-22-19(24)28-14-17(25)20-16-9-5-4-6-10-16/h4-6,9-10,15H,3,7-8,11-14H2,1-2H3,(H,20,25). The third kappa shape index (κ3) is 5.80. The zero-order valence-electron chi connectivity index (χ0n) is 16.7. The number of nitrogens with zero attached hydrogens (tertiary/aromatic N) is 4. The van der Waals surface area contributed by atoms with Crippen LogP contribution in [0.4, 0.5) is 5.69 Å². The highest BCUT2D eigenvalue weighted by atomic mass is 32.2. The van der Waals surface area contributed by atoms with E-state index in [1.165, 1.54) is 22.3 Å². The molecule has 0 saturated carbocycles. The maximum absolute atomic E-state index is 12.3. The third-order valence-corrected chi connectivity index (χ3v) is 7.04. The van der Waals surface area contributed by atoms with Crippen LogP contribution in [0.5, 0.6) is 0 Å². The average Bonchev–Trinajstić information content (AvgIpc) is 3.10. The summed E-state index contributed by atoms with van der Waals surface area (Å²) in [5, 5.41) is 12.2. The number of hydrogen-bond donors (Lipinski definition) is 1. The number of amides is 1. The van der Waals surface area contributed by atoms with Gasteiger partial charge in [-0.05, 0) is 31.4 Å². The Morgan fingerprint density at radius 1 is 1.28 bits per heavy atom. The number of nitrogens with one attached hydrogen (secondary N) is 1. The highest BCUT2D eigenvalue weighted by molar-refractivity contribution is 7.99. The van der Waals surface area contributed by atoms with Crippen LogP contribution in [0.3, 0.4) is 0 Å². The van der Waals surface area contributed by atoms with Crippen molar-refractivity contribution in [3.05, 3.63) is 36.2 Å². The Morgan fingerprint density at radius 2 is 2.03 bits per heavy atom. The molecule has 0 spiro atoms. The van der Waals surface area contributed by atoms with Crippen molar-refractivity contribution in [2.45, 2.75) is 43.8 Å². The Balaban J connectivity index is 1.69. The fourth-order valence-electron chi connectivity index (χ4n) is 3.45. The van der Waals surface area contributed by atoms with Crippen molar-refractivity contribution in [2.24, 2.45) is 0 Å². The first-order valence-electron chi connectivity index (χ1n) is 9.74. The number of para-hydroxylation sites is 1. The van der Waals surface area contributed by atoms with E-state index in [1.54, 1.807) is 0 Å². The van der Waals surface area contributed by atoms with Crippen molar-refractivity contribution in [1.82, 2.24) is 19.1 Å². The number of sulfonamides is 1. The van der Waals surface area contributed by atoms with Gasteiger partial charge >= 0.3 is 0 Å². The number of hydrogen-bond acceptors (Lipinski definition) is 6. The zero-order valence-corrected chi connectivity index (χ0v) is 18.4. The molecule has 1 saturated heterocycles. The van der Waals surface area contributed by atoms with Gasteiger partial charge in [-0.3, -0.25) is 4.79 Å². The predicted molar refractivity (Wildman–Crippen MR) is 115 cm³/mol. The molecule has 1 unspecified atom stereocenters. The second-order valence-electron chi connectivity index (χ2n) is 7.16. The van der Waals surface area contributed by atoms with Crippen molar-refractivity contribution in [2.75, 3.05) is 30.4 Å². The van der Waals surface area contributed by atoms with Crippen LogP contribution in [0, 0.1) is 0 Å². The maximum Gasteiger partial charge on any atom is 0.234 e. The fraction of sp³-hybridized carbons (Fsp3) is 0.526. The number of aromatic nitrogens is 3. The molecule has 3 rings (SSSR count). The predicted octanol–water partition coefficient (Wildman–Crippen LogP) is 2.56. The Morgan fingerprint density at radius 3 is 2.72 bits per heavy atom. The molecule has 1 aromatic carbocycles. The number of anilines is 1. The van der Waals surface area contributed by atoms with Gasteiger partial charge in [-0.15, -0.1) is 10.2 Å². The van der Waals surface area contributed by atoms with Gasteiger partial charge in [0.25, 0.3) is 0 Å². The molecule has 0 aliphatic carbocycles. The monoisotopic (exact) mass is 437 g/mol. The molecule has 1 N–H and O–H groups in total. The minimum atomic E-state index is -3.22. The summed E-state index contributed by atoms with van der Waals surface area (Å²) in [5.41, 5.74) is 0.761. The molecule has 1 aromatic heterocycles. The number of benzene rings is 1. The maximum atomic E-state index is 12.3. The number of carbonyl (C=O) groups excluding carboxylic acids is 1. The van der Waals surface area contributed by atoms with Crippen LogP contribution >= 0.6 is 11.8 Å². The fourth-order valence-corrected chi connectivity index (χ4v) is 5.13. The molecule has 29 heavy (non-hydrogen) atoms. The van der Waals surface area contributed by atoms with Crippen LogP contribution in [0.1, 0.15) is 37.9 Å². The van der Waals surface area contributed by atoms with Crippen LogP contribution in [0.2, 0.25) is 0 Å². The van der Waals surface area contributed by atoms with Crippen molar-refractivity contribution < 1.29 is 13.2 Å². The highest BCUT2D eigenvalue weighted by Gasteiger charge is 2.30. The number of thioether (sulfide) groups is 1. The van der Waals surface area contributed by atoms with Crippen molar-refractivity contribution in [3.8, 4) is 0 Å². The van der Waals surface area contributed by atoms with Crippen LogP contribution in [-0.4, -0.2) is 58.5 Å². The third-order valence-electron chi connectivity index (χ3n) is 4.80. The summed E-state index contributed by atoms with van der Waals surface area (Å²) in [5.74, 6) is 0.961. The van der Waals surface area contributed by atoms with Gasteiger partial charge in [-0.1, -0.05) is 36.9 Å². The molecular formula is C19H27N5O3S2. The van der Waals surface area contributed by atoms with Gasteiger partial charge in [0, 0.05) is 31.2 Å². The minimum Gasteiger partial charge on any atom is -0.325 e. The highest BCUT2D eigenvalue weighted by Crippen LogP contribution is 2.29. The number of carbonyl (C=O) groups is 1. The Bertz CT molecular complexity index is 931. The van der Waals surface area contributed by atoms with E-state index in [4.69, 9.17) is 0 Å². The summed E-state index contributed by atoms with van der Waals surface area (Å²) in [6, 6.07) is 9.33. The van der Waals surface area contributed by atoms with Crippen molar-refractivity contribution >= 4 is 33.4 Å². The molecule has 2 aromatic rings. The minimum absolute atomic E-state index is 0.0185. The van der Waals surface area contributed by atoms with Gasteiger partial charge < -0.3 is 9.88 Å². The van der Waals surface area contributed by atoms with E-state index in [9.17, 15) is 13.2 Å². The van der Waals surface area contributed by atoms with Crippen LogP contribution < -0.4 is 5.32 Å². The molecule has 0 radical (unpaired) electrons. The van der Waals surface area contributed by atoms with Gasteiger partial charge in [-0.25, -0.2) is 12.7 Å². The topological polar surface area (TPSA) is 97.2 Å². The summed E-state index contributed by atoms with van der Waals surface area (Å²) in [6.45, 7) is 3.79. The van der Waals surface area contributed by atoms with Gasteiger partial charge in [0.1, 0.15) is 5.82 Å². The molecule has 158 valence electrons. The quantitative estimate of drug-likeness (QED) is 0.638. The van der Waals surface area contributed by atoms with Crippen LogP contribution in [0.25, 0.3) is 0 Å². The Labute approximate surface area is 176 Å². The normalized spacial score (nSPS) is 17.9. The molecule has 2 heterocycles. The molecule has 0 bridgehead atoms. The van der Waals surface area contributed by atoms with Gasteiger partial charge in [0.05, 0.1) is 12.0 Å². The zero-order chi connectivity index (χ0) is 20.9. The second kappa shape index (κ2) is 9.73. The van der Waals surface area contributed by atoms with E-state index in [0.717, 1.165) is 37.3 Å². The van der Waals surface area contributed by atoms with Gasteiger partial charge in [-0.2, -0.15) is 0 Å². The molecule has 1 aliphatic heterocycles. The van der Waals surface area contributed by atoms with E-state index in [0.29, 0.717) is 18.2 Å². The van der Waals surface area contributed by atoms with E-state index in [2.05, 4.69) is 22.4 Å². The lowest BCUT2D eigenvalue weighted by Crippen LogP contribution is -2.39. The van der Waals surface area contributed by atoms with Crippen molar-refractivity contribution in [3.63, 3.8) is 0 Å². The molecule has 1 aliphatic rings. The summed E-state index contributed by atoms with van der Waals surface area (Å²) in [6.07, 6.45) is 3.84. The smallest absolute Gasteiger partial charge is 0.234 e. The van der Waals surface area contributed by atoms with Crippen LogP contribution in [-0.2, 0) is 21.4 Å². The first kappa shape index (κ1) is 21.8. The average molecular weight is 438 g/mol. The summed E-state index contributed by atoms with van der Waals surface area (Å²) < 4.78 is 27.4. The van der Waals surface area contributed by atoms with E-state index < -0.39 is 10.0 Å². The van der Waals surface area contributed by atoms with Gasteiger partial charge in [0.2, 0.25) is 15.9 Å².